The molecule has 11 rings (SSSR count). The zero-order chi connectivity index (χ0) is 65.4. The minimum absolute atomic E-state index is 0.212. The third-order valence-corrected chi connectivity index (χ3v) is 18.0. The fraction of sp³-hybridized carbons (Fsp3) is 0.359. The van der Waals surface area contributed by atoms with Gasteiger partial charge in [-0.3, -0.25) is 0 Å². The van der Waals surface area contributed by atoms with E-state index >= 15 is 0 Å². The summed E-state index contributed by atoms with van der Waals surface area (Å²) in [6.07, 6.45) is 16.0. The second kappa shape index (κ2) is 31.7. The number of fused-ring (bicyclic) bond motifs is 3. The lowest BCUT2D eigenvalue weighted by Gasteiger charge is -2.40. The molecular formula is C78H82N2O14. The molecule has 488 valence electrons. The highest BCUT2D eigenvalue weighted by atomic mass is 16.6. The number of unbranched alkanes of at least 4 members (excludes halogenated alkanes) is 4. The largest absolute Gasteiger partial charge is 0.493 e. The summed E-state index contributed by atoms with van der Waals surface area (Å²) in [6, 6.07) is 42.2. The van der Waals surface area contributed by atoms with Gasteiger partial charge in [0, 0.05) is 55.2 Å². The predicted octanol–water partition coefficient (Wildman–Crippen LogP) is 15.8. The smallest absolute Gasteiger partial charge is 0.343 e. The van der Waals surface area contributed by atoms with Crippen LogP contribution in [0.25, 0.3) is 21.5 Å². The van der Waals surface area contributed by atoms with Gasteiger partial charge in [0.1, 0.15) is 34.5 Å². The average Bonchev–Trinajstić information content (AvgIpc) is 1.05. The summed E-state index contributed by atoms with van der Waals surface area (Å²) in [7, 11) is 0. The molecule has 2 aliphatic heterocycles. The van der Waals surface area contributed by atoms with Crippen molar-refractivity contribution in [3.63, 3.8) is 0 Å². The molecule has 3 fully saturated rings. The quantitative estimate of drug-likeness (QED) is 0.0129. The Bertz CT molecular complexity index is 4020. The van der Waals surface area contributed by atoms with Crippen LogP contribution >= 0.6 is 0 Å². The van der Waals surface area contributed by atoms with E-state index in [9.17, 15) is 19.2 Å². The fourth-order valence-electron chi connectivity index (χ4n) is 12.1. The third kappa shape index (κ3) is 17.4. The number of esters is 4. The van der Waals surface area contributed by atoms with E-state index in [1.807, 2.05) is 67.6 Å². The summed E-state index contributed by atoms with van der Waals surface area (Å²) in [5, 5.41) is 19.6. The monoisotopic (exact) mass is 1270 g/mol. The molecule has 16 nitrogen and oxygen atoms in total. The van der Waals surface area contributed by atoms with Crippen LogP contribution in [0.1, 0.15) is 152 Å². The lowest BCUT2D eigenvalue weighted by molar-refractivity contribution is -0.150. The van der Waals surface area contributed by atoms with E-state index in [4.69, 9.17) is 58.2 Å². The summed E-state index contributed by atoms with van der Waals surface area (Å²) in [4.78, 5) is 53.3. The molecule has 3 unspecified atom stereocenters. The van der Waals surface area contributed by atoms with Crippen LogP contribution in [0.15, 0.2) is 146 Å². The first-order chi connectivity index (χ1) is 45.8. The molecule has 2 saturated heterocycles. The SMILES string of the molecule is CCC1(COCCCCCCOc2ccc3cc(C(=O)Oc4ccc(C(=O)Oc5ccc(CCCCc6ccc(OC(=O)c7ccc(OC(=O)c8ccc9cc(OCCCOCC%10CCC%11OC%11C%10)ccc9c8)c(C)c7)c(C=N)c6)cc5C)cc4)ccc3c2C=N)COC1. The molecule has 94 heavy (non-hydrogen) atoms. The molecule has 3 aliphatic rings. The van der Waals surface area contributed by atoms with Gasteiger partial charge in [-0.25, -0.2) is 19.2 Å². The average molecular weight is 1270 g/mol. The van der Waals surface area contributed by atoms with Gasteiger partial charge in [-0.2, -0.15) is 0 Å². The van der Waals surface area contributed by atoms with Crippen LogP contribution in [0.5, 0.6) is 34.5 Å². The Kier molecular flexibility index (Phi) is 22.4. The number of carbonyl (C=O) groups is 4. The van der Waals surface area contributed by atoms with Gasteiger partial charge >= 0.3 is 23.9 Å². The number of benzene rings is 8. The van der Waals surface area contributed by atoms with E-state index in [1.165, 1.54) is 18.9 Å². The second-order valence-corrected chi connectivity index (χ2v) is 25.0. The van der Waals surface area contributed by atoms with Crippen molar-refractivity contribution in [3.05, 3.63) is 201 Å². The Labute approximate surface area is 549 Å². The lowest BCUT2D eigenvalue weighted by Crippen LogP contribution is -2.45. The fourth-order valence-corrected chi connectivity index (χ4v) is 12.1. The molecule has 8 aromatic rings. The van der Waals surface area contributed by atoms with Crippen LogP contribution in [-0.2, 0) is 31.8 Å². The van der Waals surface area contributed by atoms with Gasteiger partial charge in [0.05, 0.1) is 67.5 Å². The van der Waals surface area contributed by atoms with Crippen molar-refractivity contribution in [1.82, 2.24) is 0 Å². The van der Waals surface area contributed by atoms with Crippen LogP contribution in [-0.4, -0.2) is 101 Å². The Balaban J connectivity index is 0.576. The van der Waals surface area contributed by atoms with Crippen molar-refractivity contribution < 1.29 is 66.5 Å². The summed E-state index contributed by atoms with van der Waals surface area (Å²) >= 11 is 0. The van der Waals surface area contributed by atoms with Crippen LogP contribution in [0.4, 0.5) is 0 Å². The highest BCUT2D eigenvalue weighted by Gasteiger charge is 2.43. The third-order valence-electron chi connectivity index (χ3n) is 18.0. The zero-order valence-corrected chi connectivity index (χ0v) is 53.8. The minimum Gasteiger partial charge on any atom is -0.493 e. The molecule has 1 saturated carbocycles. The molecule has 0 amide bonds. The predicted molar refractivity (Wildman–Crippen MR) is 361 cm³/mol. The summed E-state index contributed by atoms with van der Waals surface area (Å²) in [5.41, 5.74) is 6.09. The van der Waals surface area contributed by atoms with Crippen molar-refractivity contribution in [2.45, 2.75) is 116 Å². The number of rotatable bonds is 33. The van der Waals surface area contributed by atoms with E-state index in [2.05, 4.69) is 6.92 Å². The van der Waals surface area contributed by atoms with Crippen LogP contribution in [0, 0.1) is 36.0 Å². The first-order valence-corrected chi connectivity index (χ1v) is 32.9. The van der Waals surface area contributed by atoms with Crippen LogP contribution in [0.3, 0.4) is 0 Å². The molecule has 16 heteroatoms. The summed E-state index contributed by atoms with van der Waals surface area (Å²) in [6.45, 7) is 11.5. The first-order valence-electron chi connectivity index (χ1n) is 32.9. The van der Waals surface area contributed by atoms with Crippen molar-refractivity contribution in [3.8, 4) is 34.5 Å². The number of ether oxygens (including phenoxy) is 10. The first kappa shape index (κ1) is 66.4. The van der Waals surface area contributed by atoms with Gasteiger partial charge in [-0.15, -0.1) is 0 Å². The van der Waals surface area contributed by atoms with E-state index in [0.717, 1.165) is 154 Å². The maximum Gasteiger partial charge on any atom is 0.343 e. The number of carbonyl (C=O) groups excluding carboxylic acids is 4. The van der Waals surface area contributed by atoms with Gasteiger partial charge in [-0.1, -0.05) is 55.8 Å². The number of hydrogen-bond donors (Lipinski definition) is 2. The molecule has 8 aromatic carbocycles. The maximum atomic E-state index is 13.4. The van der Waals surface area contributed by atoms with Gasteiger partial charge in [0.15, 0.2) is 0 Å². The maximum absolute atomic E-state index is 13.4. The molecule has 1 aliphatic carbocycles. The normalized spacial score (nSPS) is 16.1. The number of hydrogen-bond acceptors (Lipinski definition) is 16. The van der Waals surface area contributed by atoms with Crippen LogP contribution in [0.2, 0.25) is 0 Å². The Morgan fingerprint density at radius 3 is 1.78 bits per heavy atom. The van der Waals surface area contributed by atoms with E-state index in [-0.39, 0.29) is 22.5 Å². The van der Waals surface area contributed by atoms with Crippen LogP contribution < -0.4 is 28.4 Å². The minimum atomic E-state index is -0.606. The van der Waals surface area contributed by atoms with Crippen molar-refractivity contribution in [1.29, 1.82) is 10.8 Å². The number of epoxide rings is 1. The van der Waals surface area contributed by atoms with Gasteiger partial charge in [-0.05, 0) is 237 Å². The van der Waals surface area contributed by atoms with Gasteiger partial charge < -0.3 is 58.2 Å². The molecule has 0 bridgehead atoms. The molecule has 2 N–H and O–H groups in total. The van der Waals surface area contributed by atoms with E-state index < -0.39 is 23.9 Å². The zero-order valence-electron chi connectivity index (χ0n) is 53.8. The van der Waals surface area contributed by atoms with E-state index in [1.54, 1.807) is 91.9 Å². The van der Waals surface area contributed by atoms with Gasteiger partial charge in [0.25, 0.3) is 0 Å². The van der Waals surface area contributed by atoms with E-state index in [0.29, 0.717) is 88.6 Å². The topological polar surface area (TPSA) is 212 Å². The van der Waals surface area contributed by atoms with Crippen molar-refractivity contribution >= 4 is 57.9 Å². The second-order valence-electron chi connectivity index (χ2n) is 25.0. The van der Waals surface area contributed by atoms with Crippen molar-refractivity contribution in [2.75, 3.05) is 52.9 Å². The standard InChI is InChI=1S/C78H82N2O14/c1-4-78(49-87-50-78)48-86-34-9-5-6-10-36-89-71-33-23-59-43-62(22-28-66(59)67(71)46-80)75(82)90-64-25-19-56(20-26-64)74(81)92-68-29-14-53(38-51(68)2)12-7-8-13-54-15-30-70(63(40-54)45-79)94-76(83)60-24-32-69(52(3)39-60)93-77(84)61-18-17-58-44-65(27-21-57(58)42-61)88-37-11-35-85-47-55-16-31-72-73(41-55)91-72/h14-15,17-30,32-33,38-40,42-46,55,72-73,79-80H,4-13,16,31,34-37,41,47-50H2,1-3H3. The molecule has 0 radical (unpaired) electrons. The van der Waals surface area contributed by atoms with Crippen molar-refractivity contribution in [2.24, 2.45) is 11.3 Å². The summed E-state index contributed by atoms with van der Waals surface area (Å²) in [5.74, 6) is 1.01. The molecule has 0 spiro atoms. The lowest BCUT2D eigenvalue weighted by atomic mass is 9.84. The molecule has 3 atom stereocenters. The molecule has 2 heterocycles. The molecular weight excluding hydrogens is 1190 g/mol. The Morgan fingerprint density at radius 1 is 0.500 bits per heavy atom. The number of aryl methyl sites for hydroxylation is 4. The van der Waals surface area contributed by atoms with Gasteiger partial charge in [0.2, 0.25) is 0 Å². The molecule has 0 aromatic heterocycles. The highest BCUT2D eigenvalue weighted by Crippen LogP contribution is 2.40. The highest BCUT2D eigenvalue weighted by molar-refractivity contribution is 6.05. The Hall–Kier alpha value is -9.06. The Morgan fingerprint density at radius 2 is 1.07 bits per heavy atom. The number of nitrogens with one attached hydrogen (secondary N) is 2. The summed E-state index contributed by atoms with van der Waals surface area (Å²) < 4.78 is 58.0.